The Morgan fingerprint density at radius 1 is 1.19 bits per heavy atom. The second-order valence-electron chi connectivity index (χ2n) is 7.25. The third-order valence-corrected chi connectivity index (χ3v) is 5.64. The second-order valence-corrected chi connectivity index (χ2v) is 7.66. The van der Waals surface area contributed by atoms with Crippen LogP contribution < -0.4 is 10.6 Å². The molecule has 162 valence electrons. The summed E-state index contributed by atoms with van der Waals surface area (Å²) >= 11 is 5.76. The zero-order valence-corrected chi connectivity index (χ0v) is 16.5. The number of halogens is 4. The number of carbonyl (C=O) groups is 3. The van der Waals surface area contributed by atoms with Gasteiger partial charge in [-0.3, -0.25) is 24.9 Å². The number of alkyl halides is 3. The molecule has 3 heterocycles. The number of nitrogens with zero attached hydrogens (tertiary/aromatic N) is 3. The van der Waals surface area contributed by atoms with Crippen molar-refractivity contribution < 1.29 is 27.6 Å². The highest BCUT2D eigenvalue weighted by Crippen LogP contribution is 2.39. The molecule has 0 spiro atoms. The smallest absolute Gasteiger partial charge is 0.334 e. The zero-order valence-electron chi connectivity index (χ0n) is 15.8. The molecule has 0 unspecified atom stereocenters. The molecular formula is C19H15ClF3N5O3. The maximum absolute atomic E-state index is 13.1. The van der Waals surface area contributed by atoms with E-state index >= 15 is 0 Å². The standard InChI is InChI=1S/C19H15ClF3N5O3/c20-13-6-11-9-28(8-10(11)5-12(13)19(21,22)23)15(29)1-2-18(14-7-24-3-4-25-14)16(30)26-17(31)27-18/h3-7H,1-2,8-9H2,(H2,26,27,30,31)/t18-/m1/s1. The van der Waals surface area contributed by atoms with Crippen molar-refractivity contribution in [1.82, 2.24) is 25.5 Å². The Labute approximate surface area is 178 Å². The molecule has 1 fully saturated rings. The summed E-state index contributed by atoms with van der Waals surface area (Å²) in [5, 5.41) is 4.23. The molecule has 1 atom stereocenters. The third-order valence-electron chi connectivity index (χ3n) is 5.33. The third kappa shape index (κ3) is 3.80. The summed E-state index contributed by atoms with van der Waals surface area (Å²) in [6, 6.07) is 1.46. The molecule has 1 saturated heterocycles. The number of amides is 4. The fourth-order valence-corrected chi connectivity index (χ4v) is 4.06. The van der Waals surface area contributed by atoms with E-state index in [1.807, 2.05) is 0 Å². The van der Waals surface area contributed by atoms with E-state index in [4.69, 9.17) is 11.6 Å². The van der Waals surface area contributed by atoms with Crippen molar-refractivity contribution in [3.8, 4) is 0 Å². The molecule has 4 amide bonds. The predicted molar refractivity (Wildman–Crippen MR) is 100 cm³/mol. The van der Waals surface area contributed by atoms with E-state index in [0.29, 0.717) is 11.1 Å². The van der Waals surface area contributed by atoms with Crippen LogP contribution in [0.5, 0.6) is 0 Å². The number of hydrogen-bond donors (Lipinski definition) is 2. The van der Waals surface area contributed by atoms with Crippen molar-refractivity contribution in [2.45, 2.75) is 37.6 Å². The molecule has 2 N–H and O–H groups in total. The van der Waals surface area contributed by atoms with Crippen LogP contribution in [0.25, 0.3) is 0 Å². The van der Waals surface area contributed by atoms with Crippen LogP contribution in [-0.4, -0.2) is 32.7 Å². The van der Waals surface area contributed by atoms with E-state index in [-0.39, 0.29) is 31.6 Å². The highest BCUT2D eigenvalue weighted by atomic mass is 35.5. The van der Waals surface area contributed by atoms with Crippen molar-refractivity contribution in [2.75, 3.05) is 0 Å². The van der Waals surface area contributed by atoms with Gasteiger partial charge in [0.1, 0.15) is 0 Å². The summed E-state index contributed by atoms with van der Waals surface area (Å²) in [7, 11) is 0. The fourth-order valence-electron chi connectivity index (χ4n) is 3.76. The normalized spacial score (nSPS) is 20.5. The molecular weight excluding hydrogens is 439 g/mol. The minimum Gasteiger partial charge on any atom is -0.334 e. The largest absolute Gasteiger partial charge is 0.417 e. The van der Waals surface area contributed by atoms with Gasteiger partial charge in [0.15, 0.2) is 5.54 Å². The van der Waals surface area contributed by atoms with Crippen molar-refractivity contribution >= 4 is 29.4 Å². The van der Waals surface area contributed by atoms with Crippen LogP contribution in [0.3, 0.4) is 0 Å². The van der Waals surface area contributed by atoms with Gasteiger partial charge in [-0.05, 0) is 29.7 Å². The monoisotopic (exact) mass is 453 g/mol. The SMILES string of the molecule is O=C1NC(=O)[C@@](CCC(=O)N2Cc3cc(Cl)c(C(F)(F)F)cc3C2)(c2cnccn2)N1. The van der Waals surface area contributed by atoms with Gasteiger partial charge in [-0.2, -0.15) is 13.2 Å². The van der Waals surface area contributed by atoms with Crippen LogP contribution in [0.4, 0.5) is 18.0 Å². The summed E-state index contributed by atoms with van der Waals surface area (Å²) in [4.78, 5) is 46.4. The highest BCUT2D eigenvalue weighted by Gasteiger charge is 2.49. The number of aromatic nitrogens is 2. The van der Waals surface area contributed by atoms with E-state index in [0.717, 1.165) is 6.07 Å². The van der Waals surface area contributed by atoms with Crippen LogP contribution in [0.15, 0.2) is 30.7 Å². The van der Waals surface area contributed by atoms with Gasteiger partial charge in [0.25, 0.3) is 5.91 Å². The minimum atomic E-state index is -4.60. The van der Waals surface area contributed by atoms with E-state index in [9.17, 15) is 27.6 Å². The number of urea groups is 1. The van der Waals surface area contributed by atoms with E-state index < -0.39 is 40.1 Å². The Morgan fingerprint density at radius 3 is 2.48 bits per heavy atom. The van der Waals surface area contributed by atoms with Crippen LogP contribution in [0.1, 0.15) is 35.2 Å². The van der Waals surface area contributed by atoms with Gasteiger partial charge in [0.2, 0.25) is 5.91 Å². The van der Waals surface area contributed by atoms with Crippen molar-refractivity contribution in [1.29, 1.82) is 0 Å². The summed E-state index contributed by atoms with van der Waals surface area (Å²) in [5.74, 6) is -1.05. The molecule has 0 aliphatic carbocycles. The van der Waals surface area contributed by atoms with Crippen LogP contribution >= 0.6 is 11.6 Å². The fraction of sp³-hybridized carbons (Fsp3) is 0.316. The number of hydrogen-bond acceptors (Lipinski definition) is 5. The Morgan fingerprint density at radius 2 is 1.90 bits per heavy atom. The van der Waals surface area contributed by atoms with Crippen LogP contribution in [0.2, 0.25) is 5.02 Å². The molecule has 1 aromatic heterocycles. The van der Waals surface area contributed by atoms with Crippen LogP contribution in [-0.2, 0) is 34.4 Å². The number of nitrogens with one attached hydrogen (secondary N) is 2. The molecule has 0 bridgehead atoms. The first kappa shape index (κ1) is 21.0. The molecule has 2 aliphatic rings. The van der Waals surface area contributed by atoms with Gasteiger partial charge in [0, 0.05) is 31.9 Å². The average Bonchev–Trinajstić information content (AvgIpc) is 3.25. The molecule has 31 heavy (non-hydrogen) atoms. The lowest BCUT2D eigenvalue weighted by molar-refractivity contribution is -0.137. The summed E-state index contributed by atoms with van der Waals surface area (Å²) in [6.45, 7) is 0.0911. The molecule has 0 saturated carbocycles. The summed E-state index contributed by atoms with van der Waals surface area (Å²) < 4.78 is 39.3. The topological polar surface area (TPSA) is 104 Å². The van der Waals surface area contributed by atoms with Gasteiger partial charge >= 0.3 is 12.2 Å². The van der Waals surface area contributed by atoms with Gasteiger partial charge in [-0.25, -0.2) is 4.79 Å². The van der Waals surface area contributed by atoms with Crippen molar-refractivity contribution in [3.05, 3.63) is 58.1 Å². The Balaban J connectivity index is 1.51. The number of carbonyl (C=O) groups excluding carboxylic acids is 3. The molecule has 2 aromatic rings. The van der Waals surface area contributed by atoms with Crippen molar-refractivity contribution in [3.63, 3.8) is 0 Å². The van der Waals surface area contributed by atoms with Gasteiger partial charge in [-0.1, -0.05) is 11.6 Å². The zero-order chi connectivity index (χ0) is 22.4. The maximum atomic E-state index is 13.1. The first-order valence-corrected chi connectivity index (χ1v) is 9.54. The lowest BCUT2D eigenvalue weighted by Crippen LogP contribution is -2.45. The van der Waals surface area contributed by atoms with Crippen molar-refractivity contribution in [2.24, 2.45) is 0 Å². The molecule has 8 nitrogen and oxygen atoms in total. The molecule has 4 rings (SSSR count). The minimum absolute atomic E-state index is 0.00882. The predicted octanol–water partition coefficient (Wildman–Crippen LogP) is 2.51. The number of fused-ring (bicyclic) bond motifs is 1. The Hall–Kier alpha value is -3.21. The first-order valence-electron chi connectivity index (χ1n) is 9.16. The average molecular weight is 454 g/mol. The first-order chi connectivity index (χ1) is 14.6. The number of benzene rings is 1. The lowest BCUT2D eigenvalue weighted by Gasteiger charge is -2.25. The van der Waals surface area contributed by atoms with E-state index in [1.165, 1.54) is 29.6 Å². The Bertz CT molecular complexity index is 1080. The Kier molecular flexibility index (Phi) is 5.08. The summed E-state index contributed by atoms with van der Waals surface area (Å²) in [6.07, 6.45) is -0.765. The summed E-state index contributed by atoms with van der Waals surface area (Å²) in [5.41, 5.74) is -1.44. The van der Waals surface area contributed by atoms with Gasteiger partial charge < -0.3 is 10.2 Å². The quantitative estimate of drug-likeness (QED) is 0.692. The molecule has 2 aliphatic heterocycles. The molecule has 0 radical (unpaired) electrons. The number of rotatable bonds is 4. The molecule has 1 aromatic carbocycles. The van der Waals surface area contributed by atoms with Gasteiger partial charge in [-0.15, -0.1) is 0 Å². The number of imide groups is 1. The second kappa shape index (κ2) is 7.49. The molecule has 12 heteroatoms. The highest BCUT2D eigenvalue weighted by molar-refractivity contribution is 6.31. The van der Waals surface area contributed by atoms with E-state index in [1.54, 1.807) is 0 Å². The van der Waals surface area contributed by atoms with Gasteiger partial charge in [0.05, 0.1) is 22.5 Å². The van der Waals surface area contributed by atoms with Crippen LogP contribution in [0, 0.1) is 0 Å². The maximum Gasteiger partial charge on any atom is 0.417 e. The van der Waals surface area contributed by atoms with E-state index in [2.05, 4.69) is 20.6 Å². The lowest BCUT2D eigenvalue weighted by atomic mass is 9.89.